The largest absolute Gasteiger partial charge is 0.452 e. The molecule has 1 heterocycles. The maximum absolute atomic E-state index is 12.7. The van der Waals surface area contributed by atoms with Crippen molar-refractivity contribution in [3.63, 3.8) is 0 Å². The molecule has 24 heavy (non-hydrogen) atoms. The van der Waals surface area contributed by atoms with E-state index in [1.165, 1.54) is 0 Å². The molecule has 0 atom stereocenters. The SMILES string of the molecule is CCC(=O)Nc1ccc2c(C)c(C(=O)c3ccc(C)cc3)oc2c1. The summed E-state index contributed by atoms with van der Waals surface area (Å²) in [5.41, 5.74) is 3.77. The fraction of sp³-hybridized carbons (Fsp3) is 0.200. The van der Waals surface area contributed by atoms with Crippen molar-refractivity contribution in [2.45, 2.75) is 27.2 Å². The van der Waals surface area contributed by atoms with Gasteiger partial charge in [-0.1, -0.05) is 36.8 Å². The second kappa shape index (κ2) is 6.32. The number of fused-ring (bicyclic) bond motifs is 1. The third kappa shape index (κ3) is 2.95. The molecule has 0 spiro atoms. The van der Waals surface area contributed by atoms with Gasteiger partial charge in [0.15, 0.2) is 5.76 Å². The molecule has 0 aliphatic carbocycles. The zero-order valence-corrected chi connectivity index (χ0v) is 14.0. The molecule has 1 aromatic heterocycles. The Labute approximate surface area is 140 Å². The fourth-order valence-corrected chi connectivity index (χ4v) is 2.61. The second-order valence-corrected chi connectivity index (χ2v) is 5.86. The molecule has 0 saturated carbocycles. The smallest absolute Gasteiger partial charge is 0.228 e. The highest BCUT2D eigenvalue weighted by atomic mass is 16.3. The first kappa shape index (κ1) is 16.0. The van der Waals surface area contributed by atoms with Gasteiger partial charge in [0, 0.05) is 34.7 Å². The molecular weight excluding hydrogens is 302 g/mol. The highest BCUT2D eigenvalue weighted by Crippen LogP contribution is 2.29. The van der Waals surface area contributed by atoms with Crippen LogP contribution in [-0.2, 0) is 4.79 Å². The molecule has 0 aliphatic rings. The topological polar surface area (TPSA) is 59.3 Å². The van der Waals surface area contributed by atoms with Crippen molar-refractivity contribution < 1.29 is 14.0 Å². The van der Waals surface area contributed by atoms with E-state index in [9.17, 15) is 9.59 Å². The Morgan fingerprint density at radius 1 is 1.04 bits per heavy atom. The van der Waals surface area contributed by atoms with Gasteiger partial charge in [0.05, 0.1) is 0 Å². The summed E-state index contributed by atoms with van der Waals surface area (Å²) in [7, 11) is 0. The summed E-state index contributed by atoms with van der Waals surface area (Å²) in [5.74, 6) is 0.143. The van der Waals surface area contributed by atoms with E-state index in [0.717, 1.165) is 16.5 Å². The minimum atomic E-state index is -0.136. The molecule has 0 unspecified atom stereocenters. The van der Waals surface area contributed by atoms with Gasteiger partial charge in [0.1, 0.15) is 5.58 Å². The number of hydrogen-bond acceptors (Lipinski definition) is 3. The van der Waals surface area contributed by atoms with Crippen LogP contribution >= 0.6 is 0 Å². The number of anilines is 1. The second-order valence-electron chi connectivity index (χ2n) is 5.86. The lowest BCUT2D eigenvalue weighted by molar-refractivity contribution is -0.115. The molecule has 0 fully saturated rings. The molecule has 0 bridgehead atoms. The van der Waals surface area contributed by atoms with Crippen molar-refractivity contribution in [3.8, 4) is 0 Å². The van der Waals surface area contributed by atoms with Gasteiger partial charge in [-0.15, -0.1) is 0 Å². The van der Waals surface area contributed by atoms with Crippen LogP contribution in [0.5, 0.6) is 0 Å². The van der Waals surface area contributed by atoms with E-state index >= 15 is 0 Å². The maximum Gasteiger partial charge on any atom is 0.228 e. The number of ketones is 1. The highest BCUT2D eigenvalue weighted by Gasteiger charge is 2.19. The van der Waals surface area contributed by atoms with Crippen LogP contribution < -0.4 is 5.32 Å². The minimum absolute atomic E-state index is 0.0615. The van der Waals surface area contributed by atoms with Gasteiger partial charge in [-0.05, 0) is 26.0 Å². The first-order valence-corrected chi connectivity index (χ1v) is 7.94. The minimum Gasteiger partial charge on any atom is -0.452 e. The first-order valence-electron chi connectivity index (χ1n) is 7.94. The Hall–Kier alpha value is -2.88. The van der Waals surface area contributed by atoms with E-state index < -0.39 is 0 Å². The molecule has 0 saturated heterocycles. The van der Waals surface area contributed by atoms with E-state index in [1.54, 1.807) is 25.1 Å². The number of benzene rings is 2. The molecule has 3 rings (SSSR count). The molecule has 2 aromatic carbocycles. The molecule has 4 heteroatoms. The van der Waals surface area contributed by atoms with Crippen molar-refractivity contribution in [2.75, 3.05) is 5.32 Å². The highest BCUT2D eigenvalue weighted by molar-refractivity contribution is 6.10. The molecule has 3 aromatic rings. The molecular formula is C20H19NO3. The Morgan fingerprint density at radius 3 is 2.42 bits per heavy atom. The Morgan fingerprint density at radius 2 is 1.75 bits per heavy atom. The van der Waals surface area contributed by atoms with Crippen LogP contribution in [-0.4, -0.2) is 11.7 Å². The van der Waals surface area contributed by atoms with Gasteiger partial charge in [-0.2, -0.15) is 0 Å². The third-order valence-corrected chi connectivity index (χ3v) is 4.06. The molecule has 1 N–H and O–H groups in total. The van der Waals surface area contributed by atoms with E-state index in [4.69, 9.17) is 4.42 Å². The Kier molecular flexibility index (Phi) is 4.21. The van der Waals surface area contributed by atoms with Crippen molar-refractivity contribution in [1.29, 1.82) is 0 Å². The molecule has 0 radical (unpaired) electrons. The number of aryl methyl sites for hydroxylation is 2. The molecule has 4 nitrogen and oxygen atoms in total. The van der Waals surface area contributed by atoms with Crippen molar-refractivity contribution in [2.24, 2.45) is 0 Å². The van der Waals surface area contributed by atoms with E-state index in [-0.39, 0.29) is 11.7 Å². The molecule has 122 valence electrons. The monoisotopic (exact) mass is 321 g/mol. The Bertz CT molecular complexity index is 920. The zero-order valence-electron chi connectivity index (χ0n) is 14.0. The van der Waals surface area contributed by atoms with Crippen molar-refractivity contribution >= 4 is 28.3 Å². The summed E-state index contributed by atoms with van der Waals surface area (Å²) >= 11 is 0. The van der Waals surface area contributed by atoms with Crippen LogP contribution in [0, 0.1) is 13.8 Å². The average Bonchev–Trinajstić information content (AvgIpc) is 2.91. The summed E-state index contributed by atoms with van der Waals surface area (Å²) in [6.07, 6.45) is 0.409. The van der Waals surface area contributed by atoms with E-state index in [0.29, 0.717) is 29.0 Å². The predicted molar refractivity (Wildman–Crippen MR) is 94.5 cm³/mol. The van der Waals surface area contributed by atoms with Crippen molar-refractivity contribution in [1.82, 2.24) is 0 Å². The van der Waals surface area contributed by atoms with Gasteiger partial charge >= 0.3 is 0 Å². The van der Waals surface area contributed by atoms with E-state index in [2.05, 4.69) is 5.32 Å². The van der Waals surface area contributed by atoms with Crippen LogP contribution in [0.1, 0.15) is 40.6 Å². The van der Waals surface area contributed by atoms with Gasteiger partial charge in [0.25, 0.3) is 0 Å². The Balaban J connectivity index is 1.99. The lowest BCUT2D eigenvalue weighted by atomic mass is 10.0. The van der Waals surface area contributed by atoms with Crippen LogP contribution in [0.15, 0.2) is 46.9 Å². The van der Waals surface area contributed by atoms with E-state index in [1.807, 2.05) is 38.1 Å². The first-order chi connectivity index (χ1) is 11.5. The van der Waals surface area contributed by atoms with Crippen LogP contribution in [0.4, 0.5) is 5.69 Å². The number of rotatable bonds is 4. The zero-order chi connectivity index (χ0) is 17.3. The number of amides is 1. The summed E-state index contributed by atoms with van der Waals surface area (Å²) in [4.78, 5) is 24.2. The van der Waals surface area contributed by atoms with Crippen LogP contribution in [0.25, 0.3) is 11.0 Å². The number of carbonyl (C=O) groups excluding carboxylic acids is 2. The summed E-state index contributed by atoms with van der Waals surface area (Å²) in [6.45, 7) is 5.65. The average molecular weight is 321 g/mol. The van der Waals surface area contributed by atoms with Crippen molar-refractivity contribution in [3.05, 3.63) is 64.9 Å². The molecule has 1 amide bonds. The van der Waals surface area contributed by atoms with Gasteiger partial charge in [0.2, 0.25) is 11.7 Å². The summed E-state index contributed by atoms with van der Waals surface area (Å²) < 4.78 is 5.80. The lowest BCUT2D eigenvalue weighted by Crippen LogP contribution is -2.08. The maximum atomic E-state index is 12.7. The van der Waals surface area contributed by atoms with Crippen LogP contribution in [0.2, 0.25) is 0 Å². The molecule has 0 aliphatic heterocycles. The number of nitrogens with one attached hydrogen (secondary N) is 1. The van der Waals surface area contributed by atoms with Gasteiger partial charge in [-0.25, -0.2) is 0 Å². The fourth-order valence-electron chi connectivity index (χ4n) is 2.61. The van der Waals surface area contributed by atoms with Crippen LogP contribution in [0.3, 0.4) is 0 Å². The third-order valence-electron chi connectivity index (χ3n) is 4.06. The number of hydrogen-bond donors (Lipinski definition) is 1. The predicted octanol–water partition coefficient (Wildman–Crippen LogP) is 4.63. The quantitative estimate of drug-likeness (QED) is 0.713. The summed E-state index contributed by atoms with van der Waals surface area (Å²) in [6, 6.07) is 12.9. The number of furan rings is 1. The standard InChI is InChI=1S/C20H19NO3/c1-4-18(22)21-15-9-10-16-13(3)20(24-17(16)11-15)19(23)14-7-5-12(2)6-8-14/h5-11H,4H2,1-3H3,(H,21,22). The summed E-state index contributed by atoms with van der Waals surface area (Å²) in [5, 5.41) is 3.67. The van der Waals surface area contributed by atoms with Gasteiger partial charge < -0.3 is 9.73 Å². The number of carbonyl (C=O) groups is 2. The van der Waals surface area contributed by atoms with Gasteiger partial charge in [-0.3, -0.25) is 9.59 Å². The normalized spacial score (nSPS) is 10.8. The lowest BCUT2D eigenvalue weighted by Gasteiger charge is -2.02.